The highest BCUT2D eigenvalue weighted by atomic mass is 16.5. The predicted octanol–water partition coefficient (Wildman–Crippen LogP) is 1.72. The van der Waals surface area contributed by atoms with Crippen molar-refractivity contribution in [1.82, 2.24) is 4.90 Å². The number of nitrogens with zero attached hydrogens (tertiary/aromatic N) is 2. The van der Waals surface area contributed by atoms with Crippen molar-refractivity contribution in [1.29, 1.82) is 0 Å². The van der Waals surface area contributed by atoms with Gasteiger partial charge in [-0.3, -0.25) is 14.4 Å². The Morgan fingerprint density at radius 2 is 1.61 bits per heavy atom. The summed E-state index contributed by atoms with van der Waals surface area (Å²) in [6, 6.07) is 6.97. The highest BCUT2D eigenvalue weighted by Crippen LogP contribution is 2.65. The molecule has 6 aliphatic rings. The second kappa shape index (κ2) is 5.77. The van der Waals surface area contributed by atoms with Gasteiger partial charge in [-0.2, -0.15) is 0 Å². The van der Waals surface area contributed by atoms with Crippen molar-refractivity contribution in [3.8, 4) is 0 Å². The Kier molecular flexibility index (Phi) is 3.39. The molecule has 4 fully saturated rings. The van der Waals surface area contributed by atoms with Gasteiger partial charge in [-0.25, -0.2) is 4.90 Å². The molecule has 144 valence electrons. The lowest BCUT2D eigenvalue weighted by Gasteiger charge is -2.37. The van der Waals surface area contributed by atoms with Crippen molar-refractivity contribution in [2.75, 3.05) is 31.2 Å². The molecule has 1 aromatic carbocycles. The number of carbonyl (C=O) groups excluding carboxylic acids is 3. The number of anilines is 1. The molecule has 2 saturated heterocycles. The highest BCUT2D eigenvalue weighted by Gasteiger charge is 2.67. The van der Waals surface area contributed by atoms with E-state index in [9.17, 15) is 14.4 Å². The summed E-state index contributed by atoms with van der Waals surface area (Å²) in [6.07, 6.45) is 5.50. The first-order valence-corrected chi connectivity index (χ1v) is 10.2. The molecular weight excluding hydrogens is 356 g/mol. The molecule has 4 aliphatic carbocycles. The molecule has 28 heavy (non-hydrogen) atoms. The minimum Gasteiger partial charge on any atom is -0.378 e. The quantitative estimate of drug-likeness (QED) is 0.581. The van der Waals surface area contributed by atoms with Gasteiger partial charge in [0, 0.05) is 18.7 Å². The molecule has 6 atom stereocenters. The molecule has 2 aliphatic heterocycles. The van der Waals surface area contributed by atoms with E-state index in [1.807, 2.05) is 0 Å². The number of benzene rings is 1. The monoisotopic (exact) mass is 378 g/mol. The van der Waals surface area contributed by atoms with Gasteiger partial charge < -0.3 is 9.64 Å². The van der Waals surface area contributed by atoms with Gasteiger partial charge in [0.2, 0.25) is 11.8 Å². The Labute approximate surface area is 163 Å². The Hall–Kier alpha value is -2.47. The van der Waals surface area contributed by atoms with Crippen LogP contribution in [0.2, 0.25) is 0 Å². The van der Waals surface area contributed by atoms with E-state index in [0.717, 1.165) is 6.42 Å². The molecule has 0 radical (unpaired) electrons. The van der Waals surface area contributed by atoms with E-state index in [0.29, 0.717) is 49.4 Å². The van der Waals surface area contributed by atoms with Crippen LogP contribution in [-0.4, -0.2) is 48.9 Å². The van der Waals surface area contributed by atoms with Crippen LogP contribution in [0.25, 0.3) is 0 Å². The second-order valence-electron chi connectivity index (χ2n) is 8.62. The van der Waals surface area contributed by atoms with Crippen LogP contribution in [0.3, 0.4) is 0 Å². The molecule has 0 N–H and O–H groups in total. The fraction of sp³-hybridized carbons (Fsp3) is 0.500. The molecule has 6 heteroatoms. The molecular formula is C22H22N2O4. The fourth-order valence-electron chi connectivity index (χ4n) is 5.94. The van der Waals surface area contributed by atoms with Crippen LogP contribution in [0.5, 0.6) is 0 Å². The normalized spacial score (nSPS) is 37.9. The van der Waals surface area contributed by atoms with E-state index in [1.54, 1.807) is 29.2 Å². The molecule has 7 rings (SSSR count). The molecule has 0 aromatic heterocycles. The molecule has 2 bridgehead atoms. The van der Waals surface area contributed by atoms with Crippen LogP contribution in [0.15, 0.2) is 36.4 Å². The number of hydrogen-bond donors (Lipinski definition) is 0. The van der Waals surface area contributed by atoms with Crippen LogP contribution in [-0.2, 0) is 14.3 Å². The number of imide groups is 1. The van der Waals surface area contributed by atoms with E-state index in [1.165, 1.54) is 4.90 Å². The zero-order valence-corrected chi connectivity index (χ0v) is 15.5. The molecule has 2 saturated carbocycles. The molecule has 3 amide bonds. The van der Waals surface area contributed by atoms with Gasteiger partial charge in [-0.15, -0.1) is 0 Å². The lowest BCUT2D eigenvalue weighted by molar-refractivity contribution is -0.124. The molecule has 0 spiro atoms. The summed E-state index contributed by atoms with van der Waals surface area (Å²) in [5, 5.41) is 0. The van der Waals surface area contributed by atoms with E-state index in [2.05, 4.69) is 12.2 Å². The zero-order valence-electron chi connectivity index (χ0n) is 15.5. The summed E-state index contributed by atoms with van der Waals surface area (Å²) in [5.74, 6) is 0.897. The number of carbonyl (C=O) groups is 3. The Morgan fingerprint density at radius 1 is 0.964 bits per heavy atom. The zero-order chi connectivity index (χ0) is 19.0. The topological polar surface area (TPSA) is 66.9 Å². The number of morpholine rings is 1. The summed E-state index contributed by atoms with van der Waals surface area (Å²) in [4.78, 5) is 42.4. The van der Waals surface area contributed by atoms with Crippen molar-refractivity contribution in [2.45, 2.75) is 6.42 Å². The average Bonchev–Trinajstić information content (AvgIpc) is 3.52. The first-order valence-electron chi connectivity index (χ1n) is 10.2. The van der Waals surface area contributed by atoms with E-state index < -0.39 is 0 Å². The summed E-state index contributed by atoms with van der Waals surface area (Å²) in [5.41, 5.74) is 1.04. The van der Waals surface area contributed by atoms with Crippen molar-refractivity contribution in [3.05, 3.63) is 42.0 Å². The van der Waals surface area contributed by atoms with Crippen molar-refractivity contribution >= 4 is 23.4 Å². The number of hydrogen-bond acceptors (Lipinski definition) is 4. The minimum atomic E-state index is -0.218. The van der Waals surface area contributed by atoms with Gasteiger partial charge >= 0.3 is 0 Å². The van der Waals surface area contributed by atoms with Gasteiger partial charge in [0.25, 0.3) is 5.91 Å². The largest absolute Gasteiger partial charge is 0.378 e. The molecule has 2 heterocycles. The molecule has 6 nitrogen and oxygen atoms in total. The molecule has 0 unspecified atom stereocenters. The van der Waals surface area contributed by atoms with Crippen LogP contribution < -0.4 is 4.90 Å². The highest BCUT2D eigenvalue weighted by molar-refractivity contribution is 6.23. The second-order valence-corrected chi connectivity index (χ2v) is 8.62. The summed E-state index contributed by atoms with van der Waals surface area (Å²) >= 11 is 0. The number of ether oxygens (including phenoxy) is 1. The average molecular weight is 378 g/mol. The van der Waals surface area contributed by atoms with Crippen LogP contribution in [0.4, 0.5) is 5.69 Å². The summed E-state index contributed by atoms with van der Waals surface area (Å²) in [6.45, 7) is 2.20. The first-order chi connectivity index (χ1) is 13.6. The lowest BCUT2D eigenvalue weighted by atomic mass is 9.63. The number of amides is 3. The standard InChI is InChI=1S/C22H22N2O4/c25-20(23-6-8-28-9-7-23)12-2-1-3-13(10-12)24-21(26)18-14-4-5-15(17-11-16(14)17)19(18)22(24)27/h1-5,10,14-19H,6-9,11H2/t14-,15-,16-,17-,18-,19+/m1/s1. The van der Waals surface area contributed by atoms with E-state index in [4.69, 9.17) is 4.74 Å². The Bertz CT molecular complexity index is 883. The predicted molar refractivity (Wildman–Crippen MR) is 100 cm³/mol. The SMILES string of the molecule is O=C(c1cccc(N2C(=O)[C@@H]3[C@@H]4C=C[C@H]([C@H]5C[C@H]45)[C@@H]3C2=O)c1)N1CCOCC1. The van der Waals surface area contributed by atoms with Crippen LogP contribution in [0, 0.1) is 35.5 Å². The minimum absolute atomic E-state index is 0.0790. The van der Waals surface area contributed by atoms with Crippen molar-refractivity contribution in [3.63, 3.8) is 0 Å². The Morgan fingerprint density at radius 3 is 2.25 bits per heavy atom. The van der Waals surface area contributed by atoms with Gasteiger partial charge in [-0.1, -0.05) is 18.2 Å². The van der Waals surface area contributed by atoms with Gasteiger partial charge in [-0.05, 0) is 48.3 Å². The van der Waals surface area contributed by atoms with Gasteiger partial charge in [0.05, 0.1) is 30.7 Å². The Balaban J connectivity index is 1.31. The molecule has 1 aromatic rings. The smallest absolute Gasteiger partial charge is 0.254 e. The third-order valence-electron chi connectivity index (χ3n) is 7.31. The van der Waals surface area contributed by atoms with Crippen molar-refractivity contribution in [2.24, 2.45) is 35.5 Å². The fourth-order valence-corrected chi connectivity index (χ4v) is 5.94. The van der Waals surface area contributed by atoms with E-state index >= 15 is 0 Å². The lowest BCUT2D eigenvalue weighted by Crippen LogP contribution is -2.40. The van der Waals surface area contributed by atoms with Gasteiger partial charge in [0.15, 0.2) is 0 Å². The van der Waals surface area contributed by atoms with Crippen LogP contribution in [0.1, 0.15) is 16.8 Å². The van der Waals surface area contributed by atoms with Gasteiger partial charge in [0.1, 0.15) is 0 Å². The van der Waals surface area contributed by atoms with E-state index in [-0.39, 0.29) is 41.4 Å². The van der Waals surface area contributed by atoms with Crippen LogP contribution >= 0.6 is 0 Å². The maximum atomic E-state index is 13.2. The number of allylic oxidation sites excluding steroid dienone is 2. The summed E-state index contributed by atoms with van der Waals surface area (Å²) < 4.78 is 5.31. The summed E-state index contributed by atoms with van der Waals surface area (Å²) in [7, 11) is 0. The third-order valence-corrected chi connectivity index (χ3v) is 7.31. The number of rotatable bonds is 2. The maximum Gasteiger partial charge on any atom is 0.254 e. The van der Waals surface area contributed by atoms with Crippen molar-refractivity contribution < 1.29 is 19.1 Å². The maximum absolute atomic E-state index is 13.2. The first kappa shape index (κ1) is 16.5. The third kappa shape index (κ3) is 2.15.